The van der Waals surface area contributed by atoms with Crippen LogP contribution in [0.1, 0.15) is 20.3 Å². The Morgan fingerprint density at radius 2 is 1.84 bits per heavy atom. The van der Waals surface area contributed by atoms with Gasteiger partial charge in [-0.1, -0.05) is 25.1 Å². The van der Waals surface area contributed by atoms with Crippen LogP contribution >= 0.6 is 0 Å². The minimum absolute atomic E-state index is 0.0899. The maximum absolute atomic E-state index is 11.9. The fraction of sp³-hybridized carbons (Fsp3) is 0.429. The Hall–Kier alpha value is -2.04. The molecule has 0 heterocycles. The molecule has 1 aromatic rings. The number of rotatable bonds is 6. The van der Waals surface area contributed by atoms with Crippen LogP contribution in [-0.4, -0.2) is 36.7 Å². The zero-order valence-electron chi connectivity index (χ0n) is 11.3. The first kappa shape index (κ1) is 15.0. The van der Waals surface area contributed by atoms with Crippen molar-refractivity contribution in [3.63, 3.8) is 0 Å². The molecule has 0 atom stereocenters. The van der Waals surface area contributed by atoms with Crippen molar-refractivity contribution in [3.8, 4) is 5.75 Å². The molecular weight excluding hydrogens is 246 g/mol. The van der Waals surface area contributed by atoms with Gasteiger partial charge >= 0.3 is 12.1 Å². The molecule has 1 rings (SSSR count). The second-order valence-corrected chi connectivity index (χ2v) is 3.91. The molecule has 104 valence electrons. The Morgan fingerprint density at radius 3 is 2.42 bits per heavy atom. The highest BCUT2D eigenvalue weighted by atomic mass is 16.6. The average Bonchev–Trinajstić information content (AvgIpc) is 2.39. The van der Waals surface area contributed by atoms with E-state index < -0.39 is 12.1 Å². The summed E-state index contributed by atoms with van der Waals surface area (Å²) in [5.41, 5.74) is 0. The van der Waals surface area contributed by atoms with Crippen LogP contribution in [0.5, 0.6) is 5.75 Å². The highest BCUT2D eigenvalue weighted by Crippen LogP contribution is 2.10. The number of carbonyl (C=O) groups is 2. The maximum Gasteiger partial charge on any atom is 0.415 e. The predicted octanol–water partition coefficient (Wildman–Crippen LogP) is 2.46. The lowest BCUT2D eigenvalue weighted by Crippen LogP contribution is -2.38. The van der Waals surface area contributed by atoms with Crippen molar-refractivity contribution in [1.29, 1.82) is 0 Å². The first-order chi connectivity index (χ1) is 9.17. The van der Waals surface area contributed by atoms with E-state index in [1.165, 1.54) is 4.90 Å². The molecule has 0 saturated carbocycles. The van der Waals surface area contributed by atoms with Gasteiger partial charge in [0.1, 0.15) is 12.3 Å². The van der Waals surface area contributed by atoms with Crippen LogP contribution in [0.4, 0.5) is 4.79 Å². The molecule has 0 radical (unpaired) electrons. The normalized spacial score (nSPS) is 9.79. The third-order valence-corrected chi connectivity index (χ3v) is 2.33. The van der Waals surface area contributed by atoms with E-state index in [4.69, 9.17) is 9.47 Å². The smallest absolute Gasteiger partial charge is 0.415 e. The van der Waals surface area contributed by atoms with E-state index in [-0.39, 0.29) is 6.54 Å². The molecule has 1 amide bonds. The monoisotopic (exact) mass is 265 g/mol. The summed E-state index contributed by atoms with van der Waals surface area (Å²) >= 11 is 0. The van der Waals surface area contributed by atoms with E-state index in [1.54, 1.807) is 31.2 Å². The van der Waals surface area contributed by atoms with Crippen LogP contribution in [-0.2, 0) is 9.53 Å². The van der Waals surface area contributed by atoms with Gasteiger partial charge in [0.25, 0.3) is 0 Å². The first-order valence-corrected chi connectivity index (χ1v) is 6.34. The summed E-state index contributed by atoms with van der Waals surface area (Å²) < 4.78 is 10.0. The summed E-state index contributed by atoms with van der Waals surface area (Å²) in [6, 6.07) is 8.76. The lowest BCUT2D eigenvalue weighted by Gasteiger charge is -2.20. The fourth-order valence-corrected chi connectivity index (χ4v) is 1.52. The van der Waals surface area contributed by atoms with Crippen LogP contribution in [0.15, 0.2) is 30.3 Å². The Labute approximate surface area is 113 Å². The van der Waals surface area contributed by atoms with Gasteiger partial charge in [0, 0.05) is 6.54 Å². The zero-order valence-corrected chi connectivity index (χ0v) is 11.3. The Morgan fingerprint density at radius 1 is 1.16 bits per heavy atom. The third-order valence-electron chi connectivity index (χ3n) is 2.33. The number of carbonyl (C=O) groups excluding carboxylic acids is 2. The number of esters is 1. The van der Waals surface area contributed by atoms with Gasteiger partial charge in [0.2, 0.25) is 0 Å². The second kappa shape index (κ2) is 8.13. The molecule has 0 aliphatic carbocycles. The molecule has 5 nitrogen and oxygen atoms in total. The minimum atomic E-state index is -0.541. The van der Waals surface area contributed by atoms with Gasteiger partial charge in [-0.25, -0.2) is 4.79 Å². The lowest BCUT2D eigenvalue weighted by molar-refractivity contribution is -0.143. The highest BCUT2D eigenvalue weighted by Gasteiger charge is 2.18. The summed E-state index contributed by atoms with van der Waals surface area (Å²) in [7, 11) is 0. The third kappa shape index (κ3) is 5.42. The standard InChI is InChI=1S/C14H19NO4/c1-3-10-15(11-13(16)18-4-2)14(17)19-12-8-6-5-7-9-12/h5-9H,3-4,10-11H2,1-2H3. The van der Waals surface area contributed by atoms with E-state index in [1.807, 2.05) is 13.0 Å². The molecule has 0 N–H and O–H groups in total. The molecule has 0 aliphatic rings. The molecule has 0 aliphatic heterocycles. The number of para-hydroxylation sites is 1. The molecule has 0 spiro atoms. The van der Waals surface area contributed by atoms with Gasteiger partial charge in [-0.3, -0.25) is 9.69 Å². The molecule has 19 heavy (non-hydrogen) atoms. The van der Waals surface area contributed by atoms with Gasteiger partial charge in [-0.2, -0.15) is 0 Å². The largest absolute Gasteiger partial charge is 0.465 e. The van der Waals surface area contributed by atoms with Gasteiger partial charge < -0.3 is 9.47 Å². The molecule has 1 aromatic carbocycles. The van der Waals surface area contributed by atoms with E-state index in [2.05, 4.69) is 0 Å². The number of nitrogens with zero attached hydrogens (tertiary/aromatic N) is 1. The predicted molar refractivity (Wildman–Crippen MR) is 71.0 cm³/mol. The Kier molecular flexibility index (Phi) is 6.43. The fourth-order valence-electron chi connectivity index (χ4n) is 1.52. The topological polar surface area (TPSA) is 55.8 Å². The summed E-state index contributed by atoms with van der Waals surface area (Å²) in [6.07, 6.45) is 0.199. The summed E-state index contributed by atoms with van der Waals surface area (Å²) in [5, 5.41) is 0. The molecule has 0 saturated heterocycles. The van der Waals surface area contributed by atoms with Crippen LogP contribution in [0, 0.1) is 0 Å². The van der Waals surface area contributed by atoms with Crippen molar-refractivity contribution in [2.24, 2.45) is 0 Å². The van der Waals surface area contributed by atoms with E-state index in [0.29, 0.717) is 18.9 Å². The molecule has 0 unspecified atom stereocenters. The van der Waals surface area contributed by atoms with E-state index in [9.17, 15) is 9.59 Å². The minimum Gasteiger partial charge on any atom is -0.465 e. The Bertz CT molecular complexity index is 405. The SMILES string of the molecule is CCCN(CC(=O)OCC)C(=O)Oc1ccccc1. The molecular formula is C14H19NO4. The lowest BCUT2D eigenvalue weighted by atomic mass is 10.3. The first-order valence-electron chi connectivity index (χ1n) is 6.34. The van der Waals surface area contributed by atoms with Gasteiger partial charge in [-0.05, 0) is 25.5 Å². The number of ether oxygens (including phenoxy) is 2. The summed E-state index contributed by atoms with van der Waals surface area (Å²) in [6.45, 7) is 4.31. The van der Waals surface area contributed by atoms with Gasteiger partial charge in [0.15, 0.2) is 0 Å². The molecule has 0 fully saturated rings. The van der Waals surface area contributed by atoms with Crippen molar-refractivity contribution in [3.05, 3.63) is 30.3 Å². The van der Waals surface area contributed by atoms with Crippen molar-refractivity contribution in [2.75, 3.05) is 19.7 Å². The van der Waals surface area contributed by atoms with Crippen LogP contribution < -0.4 is 4.74 Å². The average molecular weight is 265 g/mol. The number of benzene rings is 1. The van der Waals surface area contributed by atoms with Gasteiger partial charge in [0.05, 0.1) is 6.61 Å². The second-order valence-electron chi connectivity index (χ2n) is 3.91. The van der Waals surface area contributed by atoms with Crippen LogP contribution in [0.3, 0.4) is 0 Å². The van der Waals surface area contributed by atoms with E-state index >= 15 is 0 Å². The van der Waals surface area contributed by atoms with Crippen molar-refractivity contribution in [2.45, 2.75) is 20.3 Å². The Balaban J connectivity index is 2.59. The quantitative estimate of drug-likeness (QED) is 0.741. The van der Waals surface area contributed by atoms with Crippen molar-refractivity contribution >= 4 is 12.1 Å². The van der Waals surface area contributed by atoms with Crippen molar-refractivity contribution in [1.82, 2.24) is 4.90 Å². The maximum atomic E-state index is 11.9. The van der Waals surface area contributed by atoms with Gasteiger partial charge in [-0.15, -0.1) is 0 Å². The zero-order chi connectivity index (χ0) is 14.1. The number of amides is 1. The number of hydrogen-bond acceptors (Lipinski definition) is 4. The van der Waals surface area contributed by atoms with Crippen molar-refractivity contribution < 1.29 is 19.1 Å². The van der Waals surface area contributed by atoms with Crippen LogP contribution in [0.2, 0.25) is 0 Å². The van der Waals surface area contributed by atoms with Crippen LogP contribution in [0.25, 0.3) is 0 Å². The van der Waals surface area contributed by atoms with E-state index in [0.717, 1.165) is 6.42 Å². The molecule has 5 heteroatoms. The highest BCUT2D eigenvalue weighted by molar-refractivity contribution is 5.79. The molecule has 0 bridgehead atoms. The summed E-state index contributed by atoms with van der Waals surface area (Å²) in [5.74, 6) is 0.0263. The molecule has 0 aromatic heterocycles. The number of hydrogen-bond donors (Lipinski definition) is 0. The summed E-state index contributed by atoms with van der Waals surface area (Å²) in [4.78, 5) is 24.7.